The molecule has 2 saturated heterocycles. The van der Waals surface area contributed by atoms with Gasteiger partial charge in [-0.2, -0.15) is 0 Å². The molecule has 0 bridgehead atoms. The second-order valence-corrected chi connectivity index (χ2v) is 7.47. The highest BCUT2D eigenvalue weighted by atomic mass is 16.3. The van der Waals surface area contributed by atoms with Gasteiger partial charge in [-0.3, -0.25) is 4.79 Å². The zero-order valence-corrected chi connectivity index (χ0v) is 13.1. The Labute approximate surface area is 128 Å². The quantitative estimate of drug-likeness (QED) is 0.834. The molecule has 21 heavy (non-hydrogen) atoms. The monoisotopic (exact) mass is 294 g/mol. The molecule has 4 nitrogen and oxygen atoms in total. The van der Waals surface area contributed by atoms with Crippen LogP contribution in [0, 0.1) is 17.3 Å². The Hall–Kier alpha value is -0.610. The van der Waals surface area contributed by atoms with Crippen LogP contribution < -0.4 is 5.32 Å². The molecule has 0 aromatic rings. The molecule has 4 heteroatoms. The fourth-order valence-corrected chi connectivity index (χ4v) is 4.73. The van der Waals surface area contributed by atoms with Crippen LogP contribution in [0.4, 0.5) is 0 Å². The molecular weight excluding hydrogens is 264 g/mol. The molecule has 1 aliphatic carbocycles. The number of nitrogens with one attached hydrogen (secondary N) is 1. The normalized spacial score (nSPS) is 30.0. The van der Waals surface area contributed by atoms with Crippen LogP contribution >= 0.6 is 0 Å². The standard InChI is InChI=1S/C17H30N2O2/c20-12-15-11-19(13-17(15)6-8-18-9-7-17)16(21)10-14-4-2-1-3-5-14/h14-15,18,20H,1-13H2. The molecule has 2 heterocycles. The summed E-state index contributed by atoms with van der Waals surface area (Å²) in [6.07, 6.45) is 9.36. The molecule has 1 unspecified atom stereocenters. The number of aliphatic hydroxyl groups excluding tert-OH is 1. The smallest absolute Gasteiger partial charge is 0.222 e. The third-order valence-electron chi connectivity index (χ3n) is 6.17. The molecule has 3 aliphatic rings. The van der Waals surface area contributed by atoms with Crippen molar-refractivity contribution in [1.82, 2.24) is 10.2 Å². The van der Waals surface area contributed by atoms with Crippen molar-refractivity contribution >= 4 is 5.91 Å². The molecule has 3 fully saturated rings. The van der Waals surface area contributed by atoms with Crippen molar-refractivity contribution in [1.29, 1.82) is 0 Å². The number of rotatable bonds is 3. The van der Waals surface area contributed by atoms with Gasteiger partial charge in [0.05, 0.1) is 0 Å². The van der Waals surface area contributed by atoms with Gasteiger partial charge in [-0.25, -0.2) is 0 Å². The van der Waals surface area contributed by atoms with E-state index in [-0.39, 0.29) is 17.9 Å². The lowest BCUT2D eigenvalue weighted by molar-refractivity contribution is -0.132. The highest BCUT2D eigenvalue weighted by Crippen LogP contribution is 2.43. The number of likely N-dealkylation sites (tertiary alicyclic amines) is 1. The first-order valence-corrected chi connectivity index (χ1v) is 8.83. The zero-order valence-electron chi connectivity index (χ0n) is 13.1. The van der Waals surface area contributed by atoms with Crippen molar-refractivity contribution in [2.75, 3.05) is 32.8 Å². The van der Waals surface area contributed by atoms with E-state index in [9.17, 15) is 9.90 Å². The lowest BCUT2D eigenvalue weighted by atomic mass is 9.71. The van der Waals surface area contributed by atoms with Gasteiger partial charge in [0.2, 0.25) is 5.91 Å². The van der Waals surface area contributed by atoms with Crippen molar-refractivity contribution in [3.63, 3.8) is 0 Å². The van der Waals surface area contributed by atoms with Crippen LogP contribution in [0.2, 0.25) is 0 Å². The molecule has 1 saturated carbocycles. The van der Waals surface area contributed by atoms with Crippen LogP contribution in [-0.2, 0) is 4.79 Å². The minimum atomic E-state index is 0.183. The molecule has 3 rings (SSSR count). The van der Waals surface area contributed by atoms with Crippen LogP contribution in [-0.4, -0.2) is 48.7 Å². The second-order valence-electron chi connectivity index (χ2n) is 7.47. The summed E-state index contributed by atoms with van der Waals surface area (Å²) in [7, 11) is 0. The van der Waals surface area contributed by atoms with Crippen molar-refractivity contribution in [3.8, 4) is 0 Å². The number of hydrogen-bond acceptors (Lipinski definition) is 3. The third-order valence-corrected chi connectivity index (χ3v) is 6.17. The highest BCUT2D eigenvalue weighted by molar-refractivity contribution is 5.77. The summed E-state index contributed by atoms with van der Waals surface area (Å²) in [6.45, 7) is 3.95. The Bertz CT molecular complexity index is 360. The fourth-order valence-electron chi connectivity index (χ4n) is 4.73. The number of piperidine rings is 1. The molecule has 1 atom stereocenters. The Kier molecular flexibility index (Phi) is 4.85. The Morgan fingerprint density at radius 3 is 2.57 bits per heavy atom. The van der Waals surface area contributed by atoms with Crippen molar-refractivity contribution in [3.05, 3.63) is 0 Å². The molecule has 2 aliphatic heterocycles. The van der Waals surface area contributed by atoms with Gasteiger partial charge in [-0.05, 0) is 50.1 Å². The summed E-state index contributed by atoms with van der Waals surface area (Å²) >= 11 is 0. The van der Waals surface area contributed by atoms with Gasteiger partial charge in [-0.1, -0.05) is 19.3 Å². The SMILES string of the molecule is O=C(CC1CCCCC1)N1CC(CO)C2(CCNCC2)C1. The predicted molar refractivity (Wildman–Crippen MR) is 82.9 cm³/mol. The molecule has 120 valence electrons. The lowest BCUT2D eigenvalue weighted by Gasteiger charge is -2.37. The van der Waals surface area contributed by atoms with Crippen molar-refractivity contribution in [2.45, 2.75) is 51.4 Å². The molecule has 2 N–H and O–H groups in total. The van der Waals surface area contributed by atoms with Gasteiger partial charge in [0.1, 0.15) is 0 Å². The molecular formula is C17H30N2O2. The summed E-state index contributed by atoms with van der Waals surface area (Å²) in [4.78, 5) is 14.7. The summed E-state index contributed by atoms with van der Waals surface area (Å²) in [5, 5.41) is 13.2. The number of amides is 1. The van der Waals surface area contributed by atoms with E-state index < -0.39 is 0 Å². The van der Waals surface area contributed by atoms with Crippen LogP contribution in [0.25, 0.3) is 0 Å². The summed E-state index contributed by atoms with van der Waals surface area (Å²) < 4.78 is 0. The Balaban J connectivity index is 1.59. The molecule has 1 spiro atoms. The van der Waals surface area contributed by atoms with Crippen molar-refractivity contribution in [2.24, 2.45) is 17.3 Å². The van der Waals surface area contributed by atoms with Crippen LogP contribution in [0.5, 0.6) is 0 Å². The zero-order chi connectivity index (χ0) is 14.7. The lowest BCUT2D eigenvalue weighted by Crippen LogP contribution is -2.43. The van der Waals surface area contributed by atoms with E-state index in [0.29, 0.717) is 11.8 Å². The van der Waals surface area contributed by atoms with E-state index in [0.717, 1.165) is 45.4 Å². The van der Waals surface area contributed by atoms with E-state index >= 15 is 0 Å². The fraction of sp³-hybridized carbons (Fsp3) is 0.941. The molecule has 0 aromatic carbocycles. The summed E-state index contributed by atoms with van der Waals surface area (Å²) in [5.41, 5.74) is 0.183. The number of aliphatic hydroxyl groups is 1. The van der Waals surface area contributed by atoms with E-state index in [1.54, 1.807) is 0 Å². The van der Waals surface area contributed by atoms with E-state index in [1.807, 2.05) is 0 Å². The molecule has 1 amide bonds. The van der Waals surface area contributed by atoms with Gasteiger partial charge in [0.15, 0.2) is 0 Å². The van der Waals surface area contributed by atoms with E-state index in [1.165, 1.54) is 32.1 Å². The average Bonchev–Trinajstić information content (AvgIpc) is 2.87. The number of carbonyl (C=O) groups excluding carboxylic acids is 1. The van der Waals surface area contributed by atoms with Gasteiger partial charge < -0.3 is 15.3 Å². The Morgan fingerprint density at radius 1 is 1.19 bits per heavy atom. The first-order chi connectivity index (χ1) is 10.2. The van der Waals surface area contributed by atoms with Gasteiger partial charge >= 0.3 is 0 Å². The third kappa shape index (κ3) is 3.26. The van der Waals surface area contributed by atoms with Crippen LogP contribution in [0.1, 0.15) is 51.4 Å². The maximum atomic E-state index is 12.6. The van der Waals surface area contributed by atoms with E-state index in [2.05, 4.69) is 10.2 Å². The first kappa shape index (κ1) is 15.3. The van der Waals surface area contributed by atoms with E-state index in [4.69, 9.17) is 0 Å². The largest absolute Gasteiger partial charge is 0.396 e. The summed E-state index contributed by atoms with van der Waals surface area (Å²) in [6, 6.07) is 0. The summed E-state index contributed by atoms with van der Waals surface area (Å²) in [5.74, 6) is 1.24. The minimum absolute atomic E-state index is 0.183. The topological polar surface area (TPSA) is 52.6 Å². The van der Waals surface area contributed by atoms with Gasteiger partial charge in [0.25, 0.3) is 0 Å². The maximum Gasteiger partial charge on any atom is 0.222 e. The first-order valence-electron chi connectivity index (χ1n) is 8.83. The van der Waals surface area contributed by atoms with Crippen molar-refractivity contribution < 1.29 is 9.90 Å². The number of hydrogen-bond donors (Lipinski definition) is 2. The van der Waals surface area contributed by atoms with Gasteiger partial charge in [0, 0.05) is 32.0 Å². The van der Waals surface area contributed by atoms with Crippen LogP contribution in [0.3, 0.4) is 0 Å². The minimum Gasteiger partial charge on any atom is -0.396 e. The predicted octanol–water partition coefficient (Wildman–Crippen LogP) is 1.78. The van der Waals surface area contributed by atoms with Gasteiger partial charge in [-0.15, -0.1) is 0 Å². The molecule has 0 radical (unpaired) electrons. The maximum absolute atomic E-state index is 12.6. The number of nitrogens with zero attached hydrogens (tertiary/aromatic N) is 1. The highest BCUT2D eigenvalue weighted by Gasteiger charge is 2.47. The Morgan fingerprint density at radius 2 is 1.90 bits per heavy atom. The molecule has 0 aromatic heterocycles. The second kappa shape index (κ2) is 6.66. The average molecular weight is 294 g/mol. The van der Waals surface area contributed by atoms with Crippen LogP contribution in [0.15, 0.2) is 0 Å². The number of carbonyl (C=O) groups is 1.